The Balaban J connectivity index is 1.73. The van der Waals surface area contributed by atoms with Gasteiger partial charge in [0, 0.05) is 19.7 Å². The molecule has 1 saturated heterocycles. The summed E-state index contributed by atoms with van der Waals surface area (Å²) in [7, 11) is -1.21. The minimum absolute atomic E-state index is 0.120. The summed E-state index contributed by atoms with van der Waals surface area (Å²) in [5, 5.41) is 6.26. The van der Waals surface area contributed by atoms with E-state index >= 15 is 0 Å². The third-order valence-corrected chi connectivity index (χ3v) is 5.64. The van der Waals surface area contributed by atoms with Crippen molar-refractivity contribution in [2.75, 3.05) is 31.6 Å². The Labute approximate surface area is 142 Å². The van der Waals surface area contributed by atoms with E-state index < -0.39 is 9.84 Å². The molecule has 0 aliphatic carbocycles. The minimum Gasteiger partial charge on any atom is -0.489 e. The molecule has 1 aliphatic heterocycles. The lowest BCUT2D eigenvalue weighted by Crippen LogP contribution is -2.43. The molecule has 0 aromatic heterocycles. The second-order valence-electron chi connectivity index (χ2n) is 5.99. The van der Waals surface area contributed by atoms with E-state index in [1.165, 1.54) is 12.1 Å². The van der Waals surface area contributed by atoms with Crippen LogP contribution in [0.25, 0.3) is 0 Å². The Kier molecular flexibility index (Phi) is 6.42. The summed E-state index contributed by atoms with van der Waals surface area (Å²) in [6.07, 6.45) is 0.503. The molecule has 2 unspecified atom stereocenters. The van der Waals surface area contributed by atoms with Crippen LogP contribution in [0.4, 0.5) is 4.39 Å². The van der Waals surface area contributed by atoms with Crippen LogP contribution in [0, 0.1) is 11.7 Å². The first-order valence-corrected chi connectivity index (χ1v) is 9.77. The second kappa shape index (κ2) is 8.32. The zero-order valence-corrected chi connectivity index (χ0v) is 14.8. The van der Waals surface area contributed by atoms with Crippen molar-refractivity contribution in [3.8, 4) is 5.75 Å². The first kappa shape index (κ1) is 18.5. The summed E-state index contributed by atoms with van der Waals surface area (Å²) in [5.74, 6) is 1.35. The molecule has 6 nitrogen and oxygen atoms in total. The van der Waals surface area contributed by atoms with Crippen LogP contribution < -0.4 is 15.4 Å². The fourth-order valence-electron chi connectivity index (χ4n) is 2.55. The molecule has 1 fully saturated rings. The molecule has 1 aliphatic rings. The van der Waals surface area contributed by atoms with Crippen molar-refractivity contribution in [2.24, 2.45) is 10.9 Å². The van der Waals surface area contributed by atoms with Crippen LogP contribution in [0.5, 0.6) is 5.75 Å². The molecule has 24 heavy (non-hydrogen) atoms. The van der Waals surface area contributed by atoms with Gasteiger partial charge in [-0.3, -0.25) is 4.99 Å². The lowest BCUT2D eigenvalue weighted by Gasteiger charge is -2.18. The largest absolute Gasteiger partial charge is 0.489 e. The molecule has 0 spiro atoms. The summed E-state index contributed by atoms with van der Waals surface area (Å²) >= 11 is 0. The number of nitrogens with one attached hydrogen (secondary N) is 2. The Morgan fingerprint density at radius 2 is 2.25 bits per heavy atom. The number of sulfone groups is 1. The van der Waals surface area contributed by atoms with Gasteiger partial charge in [-0.1, -0.05) is 6.07 Å². The highest BCUT2D eigenvalue weighted by Crippen LogP contribution is 2.17. The lowest BCUT2D eigenvalue weighted by atomic mass is 10.1. The van der Waals surface area contributed by atoms with Crippen molar-refractivity contribution in [1.82, 2.24) is 10.6 Å². The van der Waals surface area contributed by atoms with E-state index in [9.17, 15) is 12.8 Å². The number of guanidine groups is 1. The first-order chi connectivity index (χ1) is 11.4. The number of halogens is 1. The third kappa shape index (κ3) is 5.99. The molecule has 134 valence electrons. The first-order valence-electron chi connectivity index (χ1n) is 7.95. The summed E-state index contributed by atoms with van der Waals surface area (Å²) in [4.78, 5) is 4.11. The molecular formula is C16H24FN3O3S. The van der Waals surface area contributed by atoms with Crippen molar-refractivity contribution < 1.29 is 17.5 Å². The van der Waals surface area contributed by atoms with Crippen LogP contribution in [0.2, 0.25) is 0 Å². The zero-order chi connectivity index (χ0) is 17.6. The van der Waals surface area contributed by atoms with E-state index in [4.69, 9.17) is 4.74 Å². The average molecular weight is 357 g/mol. The van der Waals surface area contributed by atoms with E-state index in [1.807, 2.05) is 6.92 Å². The minimum atomic E-state index is -2.86. The van der Waals surface area contributed by atoms with Gasteiger partial charge in [-0.05, 0) is 31.4 Å². The number of ether oxygens (including phenoxy) is 1. The molecule has 2 rings (SSSR count). The number of rotatable bonds is 6. The summed E-state index contributed by atoms with van der Waals surface area (Å²) < 4.78 is 41.7. The van der Waals surface area contributed by atoms with Crippen LogP contribution in [0.3, 0.4) is 0 Å². The third-order valence-electron chi connectivity index (χ3n) is 3.80. The highest BCUT2D eigenvalue weighted by molar-refractivity contribution is 7.91. The standard InChI is InChI=1S/C16H24FN3O3S/c1-12(23-15-5-3-4-14(17)8-15)9-19-16(18-2)20-10-13-6-7-24(21,22)11-13/h3-5,8,12-13H,6-7,9-11H2,1-2H3,(H2,18,19,20). The SMILES string of the molecule is CN=C(NCC1CCS(=O)(=O)C1)NCC(C)Oc1cccc(F)c1. The predicted molar refractivity (Wildman–Crippen MR) is 92.6 cm³/mol. The van der Waals surface area contributed by atoms with Crippen LogP contribution in [-0.4, -0.2) is 52.1 Å². The molecule has 1 aromatic carbocycles. The quantitative estimate of drug-likeness (QED) is 0.591. The Hall–Kier alpha value is -1.83. The second-order valence-corrected chi connectivity index (χ2v) is 8.22. The molecule has 0 saturated carbocycles. The topological polar surface area (TPSA) is 79.8 Å². The number of benzene rings is 1. The highest BCUT2D eigenvalue weighted by atomic mass is 32.2. The van der Waals surface area contributed by atoms with E-state index in [0.29, 0.717) is 31.2 Å². The van der Waals surface area contributed by atoms with Crippen LogP contribution in [-0.2, 0) is 9.84 Å². The molecule has 1 aromatic rings. The van der Waals surface area contributed by atoms with Gasteiger partial charge in [-0.25, -0.2) is 12.8 Å². The highest BCUT2D eigenvalue weighted by Gasteiger charge is 2.27. The van der Waals surface area contributed by atoms with E-state index in [2.05, 4.69) is 15.6 Å². The maximum atomic E-state index is 13.1. The van der Waals surface area contributed by atoms with Crippen LogP contribution >= 0.6 is 0 Å². The van der Waals surface area contributed by atoms with Crippen molar-refractivity contribution in [2.45, 2.75) is 19.4 Å². The zero-order valence-electron chi connectivity index (χ0n) is 14.0. The maximum absolute atomic E-state index is 13.1. The van der Waals surface area contributed by atoms with Gasteiger partial charge in [-0.2, -0.15) is 0 Å². The van der Waals surface area contributed by atoms with Crippen molar-refractivity contribution in [1.29, 1.82) is 0 Å². The molecule has 2 N–H and O–H groups in total. The lowest BCUT2D eigenvalue weighted by molar-refractivity contribution is 0.223. The van der Waals surface area contributed by atoms with Gasteiger partial charge >= 0.3 is 0 Å². The molecule has 1 heterocycles. The number of nitrogens with zero attached hydrogens (tertiary/aromatic N) is 1. The van der Waals surface area contributed by atoms with Gasteiger partial charge in [0.2, 0.25) is 0 Å². The summed E-state index contributed by atoms with van der Waals surface area (Å²) in [6.45, 7) is 2.92. The average Bonchev–Trinajstić information content (AvgIpc) is 2.86. The van der Waals surface area contributed by atoms with E-state index in [1.54, 1.807) is 19.2 Å². The van der Waals surface area contributed by atoms with Gasteiger partial charge in [-0.15, -0.1) is 0 Å². The van der Waals surface area contributed by atoms with Gasteiger partial charge < -0.3 is 15.4 Å². The molecule has 0 amide bonds. The summed E-state index contributed by atoms with van der Waals surface area (Å²) in [6, 6.07) is 6.00. The van der Waals surface area contributed by atoms with Crippen LogP contribution in [0.1, 0.15) is 13.3 Å². The normalized spacial score (nSPS) is 21.3. The summed E-state index contributed by atoms with van der Waals surface area (Å²) in [5.41, 5.74) is 0. The van der Waals surface area contributed by atoms with Gasteiger partial charge in [0.1, 0.15) is 17.7 Å². The Morgan fingerprint density at radius 3 is 2.88 bits per heavy atom. The predicted octanol–water partition coefficient (Wildman–Crippen LogP) is 1.19. The van der Waals surface area contributed by atoms with E-state index in [0.717, 1.165) is 0 Å². The number of aliphatic imine (C=N–C) groups is 1. The monoisotopic (exact) mass is 357 g/mol. The smallest absolute Gasteiger partial charge is 0.191 e. The van der Waals surface area contributed by atoms with Crippen LogP contribution in [0.15, 0.2) is 29.3 Å². The van der Waals surface area contributed by atoms with Gasteiger partial charge in [0.15, 0.2) is 15.8 Å². The molecule has 2 atom stereocenters. The van der Waals surface area contributed by atoms with Gasteiger partial charge in [0.05, 0.1) is 18.1 Å². The van der Waals surface area contributed by atoms with Crippen molar-refractivity contribution in [3.63, 3.8) is 0 Å². The van der Waals surface area contributed by atoms with Crippen molar-refractivity contribution in [3.05, 3.63) is 30.1 Å². The molecule has 8 heteroatoms. The molecular weight excluding hydrogens is 333 g/mol. The maximum Gasteiger partial charge on any atom is 0.191 e. The molecule has 0 bridgehead atoms. The fraction of sp³-hybridized carbons (Fsp3) is 0.562. The fourth-order valence-corrected chi connectivity index (χ4v) is 4.41. The van der Waals surface area contributed by atoms with Gasteiger partial charge in [0.25, 0.3) is 0 Å². The Bertz CT molecular complexity index is 679. The van der Waals surface area contributed by atoms with Crippen molar-refractivity contribution >= 4 is 15.8 Å². The Morgan fingerprint density at radius 1 is 1.46 bits per heavy atom. The number of hydrogen-bond acceptors (Lipinski definition) is 4. The van der Waals surface area contributed by atoms with E-state index in [-0.39, 0.29) is 29.3 Å². The number of hydrogen-bond donors (Lipinski definition) is 2. The molecule has 0 radical (unpaired) electrons.